The third-order valence-electron chi connectivity index (χ3n) is 4.24. The van der Waals surface area contributed by atoms with E-state index in [4.69, 9.17) is 9.47 Å². The topological polar surface area (TPSA) is 89.1 Å². The zero-order chi connectivity index (χ0) is 19.9. The summed E-state index contributed by atoms with van der Waals surface area (Å²) in [6, 6.07) is 11.1. The summed E-state index contributed by atoms with van der Waals surface area (Å²) in [4.78, 5) is 16.6. The van der Waals surface area contributed by atoms with E-state index in [0.29, 0.717) is 24.5 Å². The van der Waals surface area contributed by atoms with Gasteiger partial charge in [-0.3, -0.25) is 14.9 Å². The van der Waals surface area contributed by atoms with Crippen LogP contribution in [0.25, 0.3) is 11.1 Å². The van der Waals surface area contributed by atoms with Crippen molar-refractivity contribution in [3.8, 4) is 16.9 Å². The smallest absolute Gasteiger partial charge is 0.251 e. The SMILES string of the molecule is COCc1n[nH]c(C)c1-c1cccc(C(=O)NCC(C)Oc2cccnc2)c1. The number of hydrogen-bond acceptors (Lipinski definition) is 5. The number of hydrogen-bond donors (Lipinski definition) is 2. The zero-order valence-corrected chi connectivity index (χ0v) is 16.2. The first-order chi connectivity index (χ1) is 13.6. The molecule has 2 N–H and O–H groups in total. The Kier molecular flexibility index (Phi) is 6.39. The van der Waals surface area contributed by atoms with Gasteiger partial charge in [-0.15, -0.1) is 0 Å². The number of pyridine rings is 1. The molecule has 0 radical (unpaired) electrons. The van der Waals surface area contributed by atoms with Crippen molar-refractivity contribution in [1.82, 2.24) is 20.5 Å². The number of carbonyl (C=O) groups is 1. The fourth-order valence-electron chi connectivity index (χ4n) is 2.95. The number of rotatable bonds is 8. The fourth-order valence-corrected chi connectivity index (χ4v) is 2.95. The molecule has 1 amide bonds. The number of ether oxygens (including phenoxy) is 2. The second-order valence-corrected chi connectivity index (χ2v) is 6.51. The second-order valence-electron chi connectivity index (χ2n) is 6.51. The fraction of sp³-hybridized carbons (Fsp3) is 0.286. The van der Waals surface area contributed by atoms with E-state index >= 15 is 0 Å². The van der Waals surface area contributed by atoms with Crippen LogP contribution in [0.15, 0.2) is 48.8 Å². The van der Waals surface area contributed by atoms with Crippen molar-refractivity contribution in [2.24, 2.45) is 0 Å². The highest BCUT2D eigenvalue weighted by Gasteiger charge is 2.15. The lowest BCUT2D eigenvalue weighted by atomic mass is 10.0. The highest BCUT2D eigenvalue weighted by molar-refractivity contribution is 5.95. The van der Waals surface area contributed by atoms with E-state index in [1.165, 1.54) is 0 Å². The van der Waals surface area contributed by atoms with Gasteiger partial charge in [-0.2, -0.15) is 5.10 Å². The molecule has 7 heteroatoms. The maximum Gasteiger partial charge on any atom is 0.251 e. The molecule has 1 unspecified atom stereocenters. The Morgan fingerprint density at radius 3 is 2.89 bits per heavy atom. The van der Waals surface area contributed by atoms with Crippen LogP contribution in [0.5, 0.6) is 5.75 Å². The first-order valence-corrected chi connectivity index (χ1v) is 9.06. The molecule has 1 atom stereocenters. The molecule has 28 heavy (non-hydrogen) atoms. The first-order valence-electron chi connectivity index (χ1n) is 9.06. The summed E-state index contributed by atoms with van der Waals surface area (Å²) in [5, 5.41) is 10.2. The average Bonchev–Trinajstić information content (AvgIpc) is 3.07. The van der Waals surface area contributed by atoms with Crippen LogP contribution in [-0.2, 0) is 11.3 Å². The molecular weight excluding hydrogens is 356 g/mol. The largest absolute Gasteiger partial charge is 0.487 e. The molecule has 2 aromatic heterocycles. The Morgan fingerprint density at radius 1 is 1.29 bits per heavy atom. The first kappa shape index (κ1) is 19.6. The summed E-state index contributed by atoms with van der Waals surface area (Å²) in [5.41, 5.74) is 4.21. The number of nitrogens with one attached hydrogen (secondary N) is 2. The molecule has 0 fully saturated rings. The van der Waals surface area contributed by atoms with Gasteiger partial charge in [0.15, 0.2) is 0 Å². The highest BCUT2D eigenvalue weighted by atomic mass is 16.5. The van der Waals surface area contributed by atoms with Gasteiger partial charge in [0.2, 0.25) is 0 Å². The maximum atomic E-state index is 12.6. The van der Waals surface area contributed by atoms with Gasteiger partial charge in [0.25, 0.3) is 5.91 Å². The van der Waals surface area contributed by atoms with E-state index in [-0.39, 0.29) is 12.0 Å². The normalized spacial score (nSPS) is 11.8. The molecule has 0 aliphatic carbocycles. The van der Waals surface area contributed by atoms with Crippen molar-refractivity contribution in [3.05, 3.63) is 65.7 Å². The number of aryl methyl sites for hydroxylation is 1. The number of amides is 1. The van der Waals surface area contributed by atoms with Crippen molar-refractivity contribution in [2.45, 2.75) is 26.6 Å². The summed E-state index contributed by atoms with van der Waals surface area (Å²) in [6.45, 7) is 4.64. The van der Waals surface area contributed by atoms with Gasteiger partial charge >= 0.3 is 0 Å². The lowest BCUT2D eigenvalue weighted by Gasteiger charge is -2.15. The van der Waals surface area contributed by atoms with Gasteiger partial charge in [0.1, 0.15) is 11.9 Å². The van der Waals surface area contributed by atoms with Crippen molar-refractivity contribution in [2.75, 3.05) is 13.7 Å². The number of benzene rings is 1. The minimum Gasteiger partial charge on any atom is -0.487 e. The molecule has 0 saturated heterocycles. The molecule has 2 heterocycles. The standard InChI is InChI=1S/C21H24N4O3/c1-14(28-18-8-5-9-22-12-18)11-23-21(26)17-7-4-6-16(10-17)20-15(2)24-25-19(20)13-27-3/h4-10,12,14H,11,13H2,1-3H3,(H,23,26)(H,24,25). The number of H-pyrrole nitrogens is 1. The quantitative estimate of drug-likeness (QED) is 0.627. The summed E-state index contributed by atoms with van der Waals surface area (Å²) >= 11 is 0. The average molecular weight is 380 g/mol. The molecule has 0 aliphatic rings. The second kappa shape index (κ2) is 9.14. The van der Waals surface area contributed by atoms with Crippen LogP contribution in [-0.4, -0.2) is 40.8 Å². The predicted molar refractivity (Wildman–Crippen MR) is 106 cm³/mol. The Hall–Kier alpha value is -3.19. The number of aromatic amines is 1. The molecular formula is C21H24N4O3. The number of aromatic nitrogens is 3. The third kappa shape index (κ3) is 4.75. The molecule has 3 aromatic rings. The Balaban J connectivity index is 1.67. The third-order valence-corrected chi connectivity index (χ3v) is 4.24. The summed E-state index contributed by atoms with van der Waals surface area (Å²) in [6.07, 6.45) is 3.15. The molecule has 0 bridgehead atoms. The lowest BCUT2D eigenvalue weighted by molar-refractivity contribution is 0.0932. The molecule has 0 saturated carbocycles. The van der Waals surface area contributed by atoms with Crippen LogP contribution in [0, 0.1) is 6.92 Å². The maximum absolute atomic E-state index is 12.6. The van der Waals surface area contributed by atoms with Crippen molar-refractivity contribution < 1.29 is 14.3 Å². The van der Waals surface area contributed by atoms with Crippen molar-refractivity contribution in [3.63, 3.8) is 0 Å². The number of carbonyl (C=O) groups excluding carboxylic acids is 1. The number of methoxy groups -OCH3 is 1. The van der Waals surface area contributed by atoms with E-state index in [9.17, 15) is 4.79 Å². The van der Waals surface area contributed by atoms with Gasteiger partial charge in [-0.05, 0) is 43.7 Å². The van der Waals surface area contributed by atoms with E-state index in [1.807, 2.05) is 44.2 Å². The molecule has 0 aliphatic heterocycles. The molecule has 1 aromatic carbocycles. The Labute approximate surface area is 164 Å². The molecule has 7 nitrogen and oxygen atoms in total. The van der Waals surface area contributed by atoms with Gasteiger partial charge < -0.3 is 14.8 Å². The summed E-state index contributed by atoms with van der Waals surface area (Å²) in [5.74, 6) is 0.519. The van der Waals surface area contributed by atoms with Crippen LogP contribution in [0.4, 0.5) is 0 Å². The highest BCUT2D eigenvalue weighted by Crippen LogP contribution is 2.27. The van der Waals surface area contributed by atoms with Gasteiger partial charge in [-0.25, -0.2) is 0 Å². The van der Waals surface area contributed by atoms with E-state index < -0.39 is 0 Å². The summed E-state index contributed by atoms with van der Waals surface area (Å²) in [7, 11) is 1.63. The Morgan fingerprint density at radius 2 is 2.14 bits per heavy atom. The Bertz CT molecular complexity index is 924. The van der Waals surface area contributed by atoms with Crippen LogP contribution in [0.3, 0.4) is 0 Å². The van der Waals surface area contributed by atoms with E-state index in [0.717, 1.165) is 22.5 Å². The van der Waals surface area contributed by atoms with Gasteiger partial charge in [-0.1, -0.05) is 12.1 Å². The summed E-state index contributed by atoms with van der Waals surface area (Å²) < 4.78 is 11.0. The molecule has 146 valence electrons. The van der Waals surface area contributed by atoms with Crippen LogP contribution in [0.2, 0.25) is 0 Å². The van der Waals surface area contributed by atoms with Crippen LogP contribution >= 0.6 is 0 Å². The monoisotopic (exact) mass is 380 g/mol. The minimum atomic E-state index is -0.180. The predicted octanol–water partition coefficient (Wildman–Crippen LogP) is 3.12. The van der Waals surface area contributed by atoms with Crippen LogP contribution < -0.4 is 10.1 Å². The van der Waals surface area contributed by atoms with Gasteiger partial charge in [0, 0.05) is 30.1 Å². The minimum absolute atomic E-state index is 0.155. The van der Waals surface area contributed by atoms with Crippen molar-refractivity contribution in [1.29, 1.82) is 0 Å². The van der Waals surface area contributed by atoms with E-state index in [1.54, 1.807) is 25.6 Å². The van der Waals surface area contributed by atoms with E-state index in [2.05, 4.69) is 20.5 Å². The molecule has 3 rings (SSSR count). The van der Waals surface area contributed by atoms with Gasteiger partial charge in [0.05, 0.1) is 25.0 Å². The van der Waals surface area contributed by atoms with Crippen molar-refractivity contribution >= 4 is 5.91 Å². The van der Waals surface area contributed by atoms with Crippen LogP contribution in [0.1, 0.15) is 28.7 Å². The zero-order valence-electron chi connectivity index (χ0n) is 16.2. The lowest BCUT2D eigenvalue weighted by Crippen LogP contribution is -2.33. The molecule has 0 spiro atoms. The number of nitrogens with zero attached hydrogens (tertiary/aromatic N) is 2.